The second kappa shape index (κ2) is 3.24. The summed E-state index contributed by atoms with van der Waals surface area (Å²) in [6.07, 6.45) is 1.17. The minimum absolute atomic E-state index is 0.226. The van der Waals surface area contributed by atoms with Crippen LogP contribution in [0.1, 0.15) is 27.2 Å². The number of piperidine rings is 1. The van der Waals surface area contributed by atoms with Crippen molar-refractivity contribution >= 4 is 5.91 Å². The first-order chi connectivity index (χ1) is 5.11. The lowest BCUT2D eigenvalue weighted by atomic mass is 9.89. The van der Waals surface area contributed by atoms with Gasteiger partial charge in [0.25, 0.3) is 0 Å². The van der Waals surface area contributed by atoms with E-state index in [-0.39, 0.29) is 5.91 Å². The molecule has 0 aromatic heterocycles. The highest BCUT2D eigenvalue weighted by Gasteiger charge is 2.23. The van der Waals surface area contributed by atoms with E-state index in [1.165, 1.54) is 6.42 Å². The zero-order valence-corrected chi connectivity index (χ0v) is 7.63. The lowest BCUT2D eigenvalue weighted by Crippen LogP contribution is -2.40. The number of hydrogen-bond donors (Lipinski definition) is 0. The Bertz CT molecular complexity index is 156. The van der Waals surface area contributed by atoms with Crippen LogP contribution in [0, 0.1) is 11.8 Å². The third-order valence-electron chi connectivity index (χ3n) is 2.78. The molecule has 0 bridgehead atoms. The van der Waals surface area contributed by atoms with E-state index in [4.69, 9.17) is 0 Å². The van der Waals surface area contributed by atoms with Crippen molar-refractivity contribution in [1.29, 1.82) is 0 Å². The molecule has 0 unspecified atom stereocenters. The molecule has 1 saturated heterocycles. The Hall–Kier alpha value is -0.530. The topological polar surface area (TPSA) is 20.3 Å². The van der Waals surface area contributed by atoms with Gasteiger partial charge in [-0.2, -0.15) is 0 Å². The Morgan fingerprint density at radius 2 is 2.00 bits per heavy atom. The first-order valence-electron chi connectivity index (χ1n) is 4.36. The summed E-state index contributed by atoms with van der Waals surface area (Å²) in [4.78, 5) is 12.9. The Balaban J connectivity index is 2.46. The van der Waals surface area contributed by atoms with Gasteiger partial charge in [-0.25, -0.2) is 0 Å². The molecule has 2 atom stereocenters. The van der Waals surface area contributed by atoms with Crippen LogP contribution in [0.2, 0.25) is 0 Å². The van der Waals surface area contributed by atoms with E-state index in [0.29, 0.717) is 5.92 Å². The second-order valence-electron chi connectivity index (χ2n) is 3.71. The lowest BCUT2D eigenvalue weighted by Gasteiger charge is -2.34. The van der Waals surface area contributed by atoms with E-state index in [1.807, 2.05) is 4.90 Å². The number of hydrogen-bond acceptors (Lipinski definition) is 1. The van der Waals surface area contributed by atoms with Crippen LogP contribution < -0.4 is 0 Å². The summed E-state index contributed by atoms with van der Waals surface area (Å²) in [6.45, 7) is 8.06. The van der Waals surface area contributed by atoms with Gasteiger partial charge in [0.05, 0.1) is 0 Å². The summed E-state index contributed by atoms with van der Waals surface area (Å²) in [5.41, 5.74) is 0. The smallest absolute Gasteiger partial charge is 0.219 e. The van der Waals surface area contributed by atoms with Gasteiger partial charge in [-0.05, 0) is 18.3 Å². The van der Waals surface area contributed by atoms with Crippen molar-refractivity contribution in [1.82, 2.24) is 4.90 Å². The molecule has 11 heavy (non-hydrogen) atoms. The van der Waals surface area contributed by atoms with Gasteiger partial charge < -0.3 is 4.90 Å². The van der Waals surface area contributed by atoms with E-state index in [9.17, 15) is 4.79 Å². The predicted octanol–water partition coefficient (Wildman–Crippen LogP) is 1.51. The van der Waals surface area contributed by atoms with Gasteiger partial charge in [0.2, 0.25) is 5.91 Å². The summed E-state index contributed by atoms with van der Waals surface area (Å²) >= 11 is 0. The minimum Gasteiger partial charge on any atom is -0.343 e. The fraction of sp³-hybridized carbons (Fsp3) is 0.889. The Morgan fingerprint density at radius 3 is 2.45 bits per heavy atom. The van der Waals surface area contributed by atoms with Crippen molar-refractivity contribution in [3.63, 3.8) is 0 Å². The third kappa shape index (κ3) is 1.95. The zero-order valence-electron chi connectivity index (χ0n) is 7.63. The molecule has 0 spiro atoms. The molecule has 64 valence electrons. The van der Waals surface area contributed by atoms with Crippen LogP contribution in [0.15, 0.2) is 0 Å². The number of amides is 1. The van der Waals surface area contributed by atoms with Crippen molar-refractivity contribution in [2.45, 2.75) is 27.2 Å². The molecule has 0 aromatic rings. The van der Waals surface area contributed by atoms with Gasteiger partial charge >= 0.3 is 0 Å². The molecular formula is C9H17NO. The van der Waals surface area contributed by atoms with Crippen molar-refractivity contribution in [3.8, 4) is 0 Å². The first kappa shape index (κ1) is 8.57. The van der Waals surface area contributed by atoms with Crippen molar-refractivity contribution in [2.24, 2.45) is 11.8 Å². The molecule has 1 fully saturated rings. The van der Waals surface area contributed by atoms with Crippen molar-refractivity contribution in [3.05, 3.63) is 0 Å². The van der Waals surface area contributed by atoms with E-state index >= 15 is 0 Å². The fourth-order valence-corrected chi connectivity index (χ4v) is 1.55. The molecule has 1 heterocycles. The van der Waals surface area contributed by atoms with E-state index in [2.05, 4.69) is 13.8 Å². The summed E-state index contributed by atoms with van der Waals surface area (Å²) < 4.78 is 0. The van der Waals surface area contributed by atoms with Crippen LogP contribution in [0.25, 0.3) is 0 Å². The number of likely N-dealkylation sites (tertiary alicyclic amines) is 1. The number of carbonyl (C=O) groups excluding carboxylic acids is 1. The fourth-order valence-electron chi connectivity index (χ4n) is 1.55. The Morgan fingerprint density at radius 1 is 1.36 bits per heavy atom. The highest BCUT2D eigenvalue weighted by Crippen LogP contribution is 2.21. The van der Waals surface area contributed by atoms with Crippen LogP contribution in [0.5, 0.6) is 0 Å². The largest absolute Gasteiger partial charge is 0.343 e. The molecule has 2 heteroatoms. The first-order valence-corrected chi connectivity index (χ1v) is 4.36. The van der Waals surface area contributed by atoms with Gasteiger partial charge in [-0.15, -0.1) is 0 Å². The molecule has 1 rings (SSSR count). The van der Waals surface area contributed by atoms with Gasteiger partial charge in [-0.3, -0.25) is 4.79 Å². The van der Waals surface area contributed by atoms with Crippen molar-refractivity contribution in [2.75, 3.05) is 13.1 Å². The molecule has 1 aliphatic heterocycles. The number of rotatable bonds is 0. The van der Waals surface area contributed by atoms with Crippen LogP contribution in [-0.4, -0.2) is 23.9 Å². The second-order valence-corrected chi connectivity index (χ2v) is 3.71. The van der Waals surface area contributed by atoms with Crippen LogP contribution in [0.4, 0.5) is 0 Å². The van der Waals surface area contributed by atoms with Gasteiger partial charge in [0.15, 0.2) is 0 Å². The molecule has 0 N–H and O–H groups in total. The van der Waals surface area contributed by atoms with Crippen LogP contribution in [0.3, 0.4) is 0 Å². The van der Waals surface area contributed by atoms with Gasteiger partial charge in [0.1, 0.15) is 0 Å². The van der Waals surface area contributed by atoms with E-state index in [0.717, 1.165) is 19.0 Å². The highest BCUT2D eigenvalue weighted by molar-refractivity contribution is 5.73. The maximum absolute atomic E-state index is 11.0. The molecule has 0 aromatic carbocycles. The quantitative estimate of drug-likeness (QED) is 0.519. The molecular weight excluding hydrogens is 138 g/mol. The van der Waals surface area contributed by atoms with Gasteiger partial charge in [0, 0.05) is 20.0 Å². The summed E-state index contributed by atoms with van der Waals surface area (Å²) in [5, 5.41) is 0. The maximum Gasteiger partial charge on any atom is 0.219 e. The van der Waals surface area contributed by atoms with Crippen LogP contribution >= 0.6 is 0 Å². The Kier molecular flexibility index (Phi) is 2.53. The lowest BCUT2D eigenvalue weighted by molar-refractivity contribution is -0.131. The molecule has 0 aliphatic carbocycles. The summed E-state index contributed by atoms with van der Waals surface area (Å²) in [7, 11) is 0. The number of nitrogens with zero attached hydrogens (tertiary/aromatic N) is 1. The van der Waals surface area contributed by atoms with Gasteiger partial charge in [-0.1, -0.05) is 13.8 Å². The Labute approximate surface area is 68.6 Å². The predicted molar refractivity (Wildman–Crippen MR) is 45.2 cm³/mol. The molecule has 1 aliphatic rings. The standard InChI is InChI=1S/C9H17NO/c1-7-4-5-10(9(3)11)6-8(7)2/h7-8H,4-6H2,1-3H3/t7-,8+/m0/s1. The van der Waals surface area contributed by atoms with Crippen LogP contribution in [-0.2, 0) is 4.79 Å². The van der Waals surface area contributed by atoms with Crippen molar-refractivity contribution < 1.29 is 4.79 Å². The normalized spacial score (nSPS) is 32.1. The number of carbonyl (C=O) groups is 1. The third-order valence-corrected chi connectivity index (χ3v) is 2.78. The maximum atomic E-state index is 11.0. The monoisotopic (exact) mass is 155 g/mol. The highest BCUT2D eigenvalue weighted by atomic mass is 16.2. The van der Waals surface area contributed by atoms with E-state index in [1.54, 1.807) is 6.92 Å². The average Bonchev–Trinajstić information content (AvgIpc) is 1.94. The SMILES string of the molecule is CC(=O)N1CC[C@H](C)[C@H](C)C1. The summed E-state index contributed by atoms with van der Waals surface area (Å²) in [6, 6.07) is 0. The molecule has 1 amide bonds. The molecule has 0 saturated carbocycles. The average molecular weight is 155 g/mol. The summed E-state index contributed by atoms with van der Waals surface area (Å²) in [5.74, 6) is 1.68. The molecule has 2 nitrogen and oxygen atoms in total. The minimum atomic E-state index is 0.226. The zero-order chi connectivity index (χ0) is 8.43. The molecule has 0 radical (unpaired) electrons. The van der Waals surface area contributed by atoms with E-state index < -0.39 is 0 Å².